The number of likely N-dealkylation sites (N-methyl/N-ethyl adjacent to an activating group) is 1. The molecule has 0 fully saturated rings. The second-order valence-corrected chi connectivity index (χ2v) is 5.78. The molecule has 124 valence electrons. The van der Waals surface area contributed by atoms with Crippen molar-refractivity contribution in [2.45, 2.75) is 39.4 Å². The molecule has 0 unspecified atom stereocenters. The number of amides is 1. The van der Waals surface area contributed by atoms with Crippen LogP contribution in [0, 0.1) is 10.1 Å². The minimum Gasteiger partial charge on any atom is -0.338 e. The number of nitro groups is 1. The predicted octanol–water partition coefficient (Wildman–Crippen LogP) is 1.40. The van der Waals surface area contributed by atoms with Crippen molar-refractivity contribution in [3.63, 3.8) is 0 Å². The van der Waals surface area contributed by atoms with Gasteiger partial charge in [0.25, 0.3) is 0 Å². The number of aryl methyl sites for hydroxylation is 1. The van der Waals surface area contributed by atoms with Crippen molar-refractivity contribution in [3.05, 3.63) is 40.5 Å². The number of nitrogens with zero attached hydrogens (tertiary/aromatic N) is 6. The molecule has 9 nitrogen and oxygen atoms in total. The van der Waals surface area contributed by atoms with E-state index in [-0.39, 0.29) is 11.6 Å². The molecule has 0 radical (unpaired) electrons. The Balaban J connectivity index is 2.14. The molecular formula is C14H20N6O3. The second kappa shape index (κ2) is 6.19. The smallest absolute Gasteiger partial charge is 0.307 e. The van der Waals surface area contributed by atoms with Gasteiger partial charge in [-0.25, -0.2) is 0 Å². The van der Waals surface area contributed by atoms with E-state index in [0.717, 1.165) is 18.4 Å². The van der Waals surface area contributed by atoms with Crippen molar-refractivity contribution < 1.29 is 9.72 Å². The maximum Gasteiger partial charge on any atom is 0.307 e. The molecule has 0 saturated heterocycles. The number of carbonyl (C=O) groups is 1. The van der Waals surface area contributed by atoms with E-state index >= 15 is 0 Å². The molecule has 0 saturated carbocycles. The monoisotopic (exact) mass is 320 g/mol. The van der Waals surface area contributed by atoms with E-state index in [4.69, 9.17) is 0 Å². The highest BCUT2D eigenvalue weighted by Gasteiger charge is 2.34. The molecule has 0 bridgehead atoms. The zero-order valence-corrected chi connectivity index (χ0v) is 13.6. The first-order valence-corrected chi connectivity index (χ1v) is 7.23. The Kier molecular flexibility index (Phi) is 4.48. The van der Waals surface area contributed by atoms with Crippen molar-refractivity contribution in [1.29, 1.82) is 0 Å². The lowest BCUT2D eigenvalue weighted by atomic mass is 10.0. The van der Waals surface area contributed by atoms with Crippen LogP contribution in [0.15, 0.2) is 24.7 Å². The van der Waals surface area contributed by atoms with E-state index in [1.165, 1.54) is 15.8 Å². The highest BCUT2D eigenvalue weighted by molar-refractivity contribution is 5.83. The molecule has 2 aromatic heterocycles. The Morgan fingerprint density at radius 3 is 2.70 bits per heavy atom. The first-order chi connectivity index (χ1) is 10.8. The molecule has 0 aliphatic carbocycles. The van der Waals surface area contributed by atoms with Crippen molar-refractivity contribution in [3.8, 4) is 0 Å². The summed E-state index contributed by atoms with van der Waals surface area (Å²) in [5, 5.41) is 19.1. The lowest BCUT2D eigenvalue weighted by molar-refractivity contribution is -0.385. The van der Waals surface area contributed by atoms with E-state index in [2.05, 4.69) is 10.2 Å². The van der Waals surface area contributed by atoms with Crippen LogP contribution in [0.2, 0.25) is 0 Å². The summed E-state index contributed by atoms with van der Waals surface area (Å²) in [5.41, 5.74) is -0.392. The van der Waals surface area contributed by atoms with Crippen LogP contribution in [0.5, 0.6) is 0 Å². The van der Waals surface area contributed by atoms with Gasteiger partial charge in [0.15, 0.2) is 0 Å². The normalized spacial score (nSPS) is 11.5. The van der Waals surface area contributed by atoms with Gasteiger partial charge in [-0.15, -0.1) is 0 Å². The summed E-state index contributed by atoms with van der Waals surface area (Å²) in [6.45, 7) is 6.46. The minimum absolute atomic E-state index is 0.143. The molecule has 0 spiro atoms. The van der Waals surface area contributed by atoms with Gasteiger partial charge in [0, 0.05) is 19.8 Å². The molecule has 9 heteroatoms. The van der Waals surface area contributed by atoms with Gasteiger partial charge in [0.2, 0.25) is 5.91 Å². The molecule has 0 atom stereocenters. The van der Waals surface area contributed by atoms with Crippen molar-refractivity contribution in [1.82, 2.24) is 24.5 Å². The number of carbonyl (C=O) groups excluding carboxylic acids is 1. The minimum atomic E-state index is -1.03. The maximum absolute atomic E-state index is 12.7. The van der Waals surface area contributed by atoms with Gasteiger partial charge < -0.3 is 4.90 Å². The van der Waals surface area contributed by atoms with E-state index in [9.17, 15) is 14.9 Å². The van der Waals surface area contributed by atoms with Crippen LogP contribution in [-0.2, 0) is 23.4 Å². The Bertz CT molecular complexity index is 718. The van der Waals surface area contributed by atoms with E-state index in [0.29, 0.717) is 6.54 Å². The fraction of sp³-hybridized carbons (Fsp3) is 0.500. The maximum atomic E-state index is 12.7. The van der Waals surface area contributed by atoms with Gasteiger partial charge in [0.05, 0.1) is 17.2 Å². The fourth-order valence-corrected chi connectivity index (χ4v) is 2.26. The number of hydrogen-bond donors (Lipinski definition) is 0. The molecule has 0 aliphatic rings. The van der Waals surface area contributed by atoms with Gasteiger partial charge in [-0.05, 0) is 26.8 Å². The average molecular weight is 320 g/mol. The topological polar surface area (TPSA) is 99.1 Å². The van der Waals surface area contributed by atoms with Crippen LogP contribution in [0.4, 0.5) is 5.69 Å². The summed E-state index contributed by atoms with van der Waals surface area (Å²) in [6, 6.07) is 1.86. The number of aromatic nitrogens is 4. The third-order valence-corrected chi connectivity index (χ3v) is 3.64. The highest BCUT2D eigenvalue weighted by atomic mass is 16.6. The quantitative estimate of drug-likeness (QED) is 0.592. The van der Waals surface area contributed by atoms with Gasteiger partial charge in [-0.1, -0.05) is 0 Å². The molecule has 2 rings (SSSR count). The molecule has 2 aromatic rings. The fourth-order valence-electron chi connectivity index (χ4n) is 2.26. The average Bonchev–Trinajstić information content (AvgIpc) is 3.15. The molecule has 0 N–H and O–H groups in total. The van der Waals surface area contributed by atoms with Crippen LogP contribution in [0.1, 0.15) is 26.5 Å². The van der Waals surface area contributed by atoms with E-state index in [1.807, 2.05) is 19.2 Å². The summed E-state index contributed by atoms with van der Waals surface area (Å²) >= 11 is 0. The molecule has 0 aromatic carbocycles. The largest absolute Gasteiger partial charge is 0.338 e. The lowest BCUT2D eigenvalue weighted by Crippen LogP contribution is -2.45. The summed E-state index contributed by atoms with van der Waals surface area (Å²) < 4.78 is 3.10. The first-order valence-electron chi connectivity index (χ1n) is 7.23. The van der Waals surface area contributed by atoms with Crippen LogP contribution < -0.4 is 0 Å². The molecule has 1 amide bonds. The van der Waals surface area contributed by atoms with Gasteiger partial charge in [-0.3, -0.25) is 24.3 Å². The zero-order valence-electron chi connectivity index (χ0n) is 13.6. The molecule has 0 aliphatic heterocycles. The van der Waals surface area contributed by atoms with Crippen molar-refractivity contribution in [2.75, 3.05) is 7.05 Å². The van der Waals surface area contributed by atoms with Crippen LogP contribution >= 0.6 is 0 Å². The Morgan fingerprint density at radius 2 is 2.17 bits per heavy atom. The highest BCUT2D eigenvalue weighted by Crippen LogP contribution is 2.21. The lowest BCUT2D eigenvalue weighted by Gasteiger charge is -2.29. The van der Waals surface area contributed by atoms with Gasteiger partial charge in [0.1, 0.15) is 17.9 Å². The predicted molar refractivity (Wildman–Crippen MR) is 82.6 cm³/mol. The van der Waals surface area contributed by atoms with E-state index < -0.39 is 10.5 Å². The Morgan fingerprint density at radius 1 is 1.48 bits per heavy atom. The second-order valence-electron chi connectivity index (χ2n) is 5.78. The summed E-state index contributed by atoms with van der Waals surface area (Å²) in [5.74, 6) is -0.207. The van der Waals surface area contributed by atoms with Crippen LogP contribution in [-0.4, -0.2) is 42.3 Å². The number of hydrogen-bond acceptors (Lipinski definition) is 5. The molecule has 23 heavy (non-hydrogen) atoms. The Hall–Kier alpha value is -2.71. The van der Waals surface area contributed by atoms with Crippen molar-refractivity contribution in [2.24, 2.45) is 0 Å². The number of rotatable bonds is 6. The van der Waals surface area contributed by atoms with Crippen molar-refractivity contribution >= 4 is 11.6 Å². The summed E-state index contributed by atoms with van der Waals surface area (Å²) in [4.78, 5) is 24.4. The summed E-state index contributed by atoms with van der Waals surface area (Å²) in [6.07, 6.45) is 4.26. The molecular weight excluding hydrogens is 300 g/mol. The van der Waals surface area contributed by atoms with Gasteiger partial charge >= 0.3 is 5.69 Å². The third-order valence-electron chi connectivity index (χ3n) is 3.64. The van der Waals surface area contributed by atoms with E-state index in [1.54, 1.807) is 25.6 Å². The SMILES string of the molecule is CCn1ccc(CN(C)C(=O)C(C)(C)n2cc([N+](=O)[O-])cn2)n1. The third kappa shape index (κ3) is 3.38. The standard InChI is InChI=1S/C14H20N6O3/c1-5-18-7-6-11(16-18)9-17(4)13(21)14(2,3)19-10-12(8-15-19)20(22)23/h6-8,10H,5,9H2,1-4H3. The first kappa shape index (κ1) is 16.7. The Labute approximate surface area is 133 Å². The zero-order chi connectivity index (χ0) is 17.2. The molecule has 2 heterocycles. The summed E-state index contributed by atoms with van der Waals surface area (Å²) in [7, 11) is 1.67. The van der Waals surface area contributed by atoms with Gasteiger partial charge in [-0.2, -0.15) is 10.2 Å². The van der Waals surface area contributed by atoms with Crippen LogP contribution in [0.3, 0.4) is 0 Å². The van der Waals surface area contributed by atoms with Crippen LogP contribution in [0.25, 0.3) is 0 Å².